The fourth-order valence-electron chi connectivity index (χ4n) is 3.03. The lowest BCUT2D eigenvalue weighted by Crippen LogP contribution is -2.42. The van der Waals surface area contributed by atoms with Crippen LogP contribution in [0, 0.1) is 0 Å². The molecule has 5 heteroatoms. The molecule has 0 bridgehead atoms. The second kappa shape index (κ2) is 5.48. The van der Waals surface area contributed by atoms with Gasteiger partial charge in [0.1, 0.15) is 30.9 Å². The lowest BCUT2D eigenvalue weighted by Gasteiger charge is -2.35. The van der Waals surface area contributed by atoms with E-state index in [-0.39, 0.29) is 12.1 Å². The molecule has 5 nitrogen and oxygen atoms in total. The zero-order chi connectivity index (χ0) is 15.9. The molecule has 2 atom stereocenters. The van der Waals surface area contributed by atoms with Crippen molar-refractivity contribution in [3.63, 3.8) is 0 Å². The van der Waals surface area contributed by atoms with Gasteiger partial charge in [0.05, 0.1) is 6.08 Å². The van der Waals surface area contributed by atoms with Crippen molar-refractivity contribution in [2.45, 2.75) is 32.9 Å². The number of hydrogen-bond donors (Lipinski definition) is 2. The first-order chi connectivity index (χ1) is 10.5. The molecule has 0 aromatic carbocycles. The van der Waals surface area contributed by atoms with E-state index in [4.69, 9.17) is 21.2 Å². The minimum atomic E-state index is -0.204. The molecule has 0 amide bonds. The summed E-state index contributed by atoms with van der Waals surface area (Å²) in [4.78, 5) is 4.76. The van der Waals surface area contributed by atoms with Crippen LogP contribution in [-0.2, 0) is 4.74 Å². The molecule has 3 aliphatic rings. The Bertz CT molecular complexity index is 685. The molecule has 1 heterocycles. The maximum atomic E-state index is 6.19. The number of nitrogens with two attached hydrogens (primary N) is 2. The largest absolute Gasteiger partial charge is 0.481 e. The molecule has 3 rings (SSSR count). The Morgan fingerprint density at radius 2 is 1.91 bits per heavy atom. The van der Waals surface area contributed by atoms with Crippen molar-refractivity contribution < 1.29 is 9.31 Å². The lowest BCUT2D eigenvalue weighted by atomic mass is 9.91. The molecule has 0 fully saturated rings. The highest BCUT2D eigenvalue weighted by atomic mass is 16.5. The van der Waals surface area contributed by atoms with Gasteiger partial charge in [-0.2, -0.15) is 0 Å². The number of hydrogen-bond acceptors (Lipinski definition) is 4. The first-order valence-corrected chi connectivity index (χ1v) is 7.75. The Hall–Kier alpha value is -2.30. The summed E-state index contributed by atoms with van der Waals surface area (Å²) in [6, 6.07) is -0.181. The third-order valence-electron chi connectivity index (χ3n) is 4.44. The fraction of sp³-hybridized carbons (Fsp3) is 0.412. The van der Waals surface area contributed by atoms with E-state index < -0.39 is 0 Å². The van der Waals surface area contributed by atoms with Crippen molar-refractivity contribution in [1.29, 1.82) is 0 Å². The predicted octanol–water partition coefficient (Wildman–Crippen LogP) is 1.23. The summed E-state index contributed by atoms with van der Waals surface area (Å²) in [5.74, 6) is 0.799. The van der Waals surface area contributed by atoms with E-state index in [0.29, 0.717) is 11.4 Å². The summed E-state index contributed by atoms with van der Waals surface area (Å²) in [6.45, 7) is 8.18. The first-order valence-electron chi connectivity index (χ1n) is 7.75. The lowest BCUT2D eigenvalue weighted by molar-refractivity contribution is -0.519. The van der Waals surface area contributed by atoms with Crippen LogP contribution in [0.1, 0.15) is 20.8 Å². The SMILES string of the molecule is CC[N+](CC)=C1C=CC2=NC3C(N)=CC(N)=C(C)C3OC2=C1. The van der Waals surface area contributed by atoms with Gasteiger partial charge < -0.3 is 16.2 Å². The van der Waals surface area contributed by atoms with Crippen LogP contribution in [-0.4, -0.2) is 41.2 Å². The van der Waals surface area contributed by atoms with Gasteiger partial charge in [-0.25, -0.2) is 4.58 Å². The molecule has 0 saturated heterocycles. The fourth-order valence-corrected chi connectivity index (χ4v) is 3.03. The Labute approximate surface area is 131 Å². The second-order valence-electron chi connectivity index (χ2n) is 5.72. The average Bonchev–Trinajstić information content (AvgIpc) is 2.52. The van der Waals surface area contributed by atoms with Crippen molar-refractivity contribution >= 4 is 11.4 Å². The van der Waals surface area contributed by atoms with Crippen LogP contribution >= 0.6 is 0 Å². The molecule has 116 valence electrons. The van der Waals surface area contributed by atoms with Gasteiger partial charge in [-0.15, -0.1) is 0 Å². The molecule has 4 N–H and O–H groups in total. The normalized spacial score (nSPS) is 26.5. The predicted molar refractivity (Wildman–Crippen MR) is 88.8 cm³/mol. The van der Waals surface area contributed by atoms with E-state index in [1.165, 1.54) is 0 Å². The smallest absolute Gasteiger partial charge is 0.203 e. The third kappa shape index (κ3) is 2.26. The summed E-state index contributed by atoms with van der Waals surface area (Å²) >= 11 is 0. The standard InChI is InChI=1S/C17H23N4O/c1-4-21(5-2)11-6-7-14-15(8-11)22-17-10(3)12(18)9-13(19)16(17)20-14/h6-9,16-17H,4-5,18-19H2,1-3H3/q+1. The van der Waals surface area contributed by atoms with Crippen LogP contribution in [0.5, 0.6) is 0 Å². The van der Waals surface area contributed by atoms with Gasteiger partial charge in [0.2, 0.25) is 5.71 Å². The monoisotopic (exact) mass is 299 g/mol. The number of fused-ring (bicyclic) bond motifs is 2. The average molecular weight is 299 g/mol. The molecule has 0 saturated carbocycles. The topological polar surface area (TPSA) is 76.6 Å². The highest BCUT2D eigenvalue weighted by Gasteiger charge is 2.37. The van der Waals surface area contributed by atoms with Crippen LogP contribution in [0.2, 0.25) is 0 Å². The maximum Gasteiger partial charge on any atom is 0.203 e. The molecule has 2 aliphatic carbocycles. The highest BCUT2D eigenvalue weighted by molar-refractivity contribution is 6.19. The van der Waals surface area contributed by atoms with Gasteiger partial charge in [-0.05, 0) is 38.5 Å². The molecule has 0 radical (unpaired) electrons. The third-order valence-corrected chi connectivity index (χ3v) is 4.44. The van der Waals surface area contributed by atoms with Crippen molar-refractivity contribution in [3.05, 3.63) is 47.0 Å². The summed E-state index contributed by atoms with van der Waals surface area (Å²) < 4.78 is 8.47. The van der Waals surface area contributed by atoms with Gasteiger partial charge >= 0.3 is 0 Å². The molecule has 22 heavy (non-hydrogen) atoms. The van der Waals surface area contributed by atoms with E-state index in [0.717, 1.165) is 35.8 Å². The molecule has 0 aromatic heterocycles. The van der Waals surface area contributed by atoms with Crippen LogP contribution in [0.15, 0.2) is 52.0 Å². The Morgan fingerprint density at radius 3 is 2.59 bits per heavy atom. The van der Waals surface area contributed by atoms with E-state index in [2.05, 4.69) is 30.6 Å². The van der Waals surface area contributed by atoms with Crippen LogP contribution in [0.25, 0.3) is 0 Å². The zero-order valence-corrected chi connectivity index (χ0v) is 13.3. The minimum absolute atomic E-state index is 0.181. The zero-order valence-electron chi connectivity index (χ0n) is 13.3. The molecule has 1 aliphatic heterocycles. The Balaban J connectivity index is 2.03. The van der Waals surface area contributed by atoms with Crippen molar-refractivity contribution in [2.24, 2.45) is 16.5 Å². The quantitative estimate of drug-likeness (QED) is 0.595. The summed E-state index contributed by atoms with van der Waals surface area (Å²) in [7, 11) is 0. The van der Waals surface area contributed by atoms with Gasteiger partial charge in [0, 0.05) is 17.5 Å². The summed E-state index contributed by atoms with van der Waals surface area (Å²) in [6.07, 6.45) is 7.73. The minimum Gasteiger partial charge on any atom is -0.481 e. The van der Waals surface area contributed by atoms with E-state index >= 15 is 0 Å². The van der Waals surface area contributed by atoms with E-state index in [9.17, 15) is 0 Å². The van der Waals surface area contributed by atoms with Gasteiger partial charge in [0.15, 0.2) is 5.76 Å². The first kappa shape index (κ1) is 14.6. The van der Waals surface area contributed by atoms with Gasteiger partial charge in [-0.1, -0.05) is 0 Å². The Morgan fingerprint density at radius 1 is 1.18 bits per heavy atom. The number of nitrogens with zero attached hydrogens (tertiary/aromatic N) is 2. The number of rotatable bonds is 2. The van der Waals surface area contributed by atoms with Gasteiger partial charge in [0.25, 0.3) is 0 Å². The summed E-state index contributed by atoms with van der Waals surface area (Å²) in [5.41, 5.74) is 16.4. The van der Waals surface area contributed by atoms with Crippen molar-refractivity contribution in [1.82, 2.24) is 0 Å². The van der Waals surface area contributed by atoms with Crippen LogP contribution in [0.4, 0.5) is 0 Å². The van der Waals surface area contributed by atoms with Crippen molar-refractivity contribution in [3.8, 4) is 0 Å². The molecule has 0 aromatic rings. The van der Waals surface area contributed by atoms with E-state index in [1.54, 1.807) is 6.08 Å². The second-order valence-corrected chi connectivity index (χ2v) is 5.72. The summed E-state index contributed by atoms with van der Waals surface area (Å²) in [5, 5.41) is 0. The molecule has 0 spiro atoms. The van der Waals surface area contributed by atoms with E-state index in [1.807, 2.05) is 13.0 Å². The van der Waals surface area contributed by atoms with Gasteiger partial charge in [-0.3, -0.25) is 4.99 Å². The molecular weight excluding hydrogens is 276 g/mol. The number of allylic oxidation sites excluding steroid dienone is 4. The Kier molecular flexibility index (Phi) is 3.64. The number of aliphatic imine (C=N–C) groups is 1. The molecular formula is C17H23N4O+. The van der Waals surface area contributed by atoms with Crippen LogP contribution < -0.4 is 11.5 Å². The van der Waals surface area contributed by atoms with Crippen LogP contribution in [0.3, 0.4) is 0 Å². The molecule has 2 unspecified atom stereocenters. The maximum absolute atomic E-state index is 6.19. The van der Waals surface area contributed by atoms with Crippen molar-refractivity contribution in [2.75, 3.05) is 13.1 Å². The highest BCUT2D eigenvalue weighted by Crippen LogP contribution is 2.32. The number of ether oxygens (including phenoxy) is 1.